The van der Waals surface area contributed by atoms with Crippen molar-refractivity contribution in [2.75, 3.05) is 13.1 Å². The molecule has 0 aliphatic carbocycles. The molecule has 2 aromatic rings. The quantitative estimate of drug-likeness (QED) is 0.806. The van der Waals surface area contributed by atoms with Crippen LogP contribution in [0.3, 0.4) is 0 Å². The van der Waals surface area contributed by atoms with E-state index in [1.807, 2.05) is 29.1 Å². The number of nitrogens with zero attached hydrogens (tertiary/aromatic N) is 3. The van der Waals surface area contributed by atoms with Crippen LogP contribution in [0.1, 0.15) is 43.5 Å². The van der Waals surface area contributed by atoms with Crippen LogP contribution in [-0.4, -0.2) is 38.6 Å². The van der Waals surface area contributed by atoms with E-state index in [1.165, 1.54) is 5.56 Å². The number of aliphatic hydroxyl groups is 1. The zero-order chi connectivity index (χ0) is 16.2. The minimum atomic E-state index is -0.570. The molecule has 2 heterocycles. The Morgan fingerprint density at radius 1 is 1.39 bits per heavy atom. The average Bonchev–Trinajstić information content (AvgIpc) is 3.09. The summed E-state index contributed by atoms with van der Waals surface area (Å²) in [7, 11) is 0. The van der Waals surface area contributed by atoms with E-state index in [1.54, 1.807) is 6.20 Å². The van der Waals surface area contributed by atoms with Crippen LogP contribution in [0, 0.1) is 5.41 Å². The summed E-state index contributed by atoms with van der Waals surface area (Å²) in [5.74, 6) is 0. The largest absolute Gasteiger partial charge is 0.374 e. The number of nitrogens with one attached hydrogen (secondary N) is 1. The van der Waals surface area contributed by atoms with Crippen LogP contribution >= 0.6 is 0 Å². The van der Waals surface area contributed by atoms with E-state index < -0.39 is 6.23 Å². The van der Waals surface area contributed by atoms with Gasteiger partial charge >= 0.3 is 0 Å². The number of rotatable bonds is 6. The Hall–Kier alpha value is -1.98. The summed E-state index contributed by atoms with van der Waals surface area (Å²) in [5, 5.41) is 22.8. The summed E-state index contributed by atoms with van der Waals surface area (Å²) in [6.07, 6.45) is 6.65. The molecule has 0 spiro atoms. The lowest BCUT2D eigenvalue weighted by Gasteiger charge is -2.34. The van der Waals surface area contributed by atoms with Crippen LogP contribution in [0.25, 0.3) is 5.69 Å². The number of hydrogen-bond donors (Lipinski definition) is 2. The molecule has 3 rings (SSSR count). The minimum absolute atomic E-state index is 0.570. The fourth-order valence-corrected chi connectivity index (χ4v) is 3.15. The van der Waals surface area contributed by atoms with Crippen LogP contribution in [-0.2, 0) is 6.42 Å². The van der Waals surface area contributed by atoms with Gasteiger partial charge in [0.2, 0.25) is 0 Å². The normalized spacial score (nSPS) is 17.9. The van der Waals surface area contributed by atoms with Crippen LogP contribution < -0.4 is 0 Å². The monoisotopic (exact) mass is 312 g/mol. The molecule has 0 bridgehead atoms. The summed E-state index contributed by atoms with van der Waals surface area (Å²) in [5.41, 5.74) is 3.97. The first kappa shape index (κ1) is 15.9. The molecule has 1 aliphatic heterocycles. The van der Waals surface area contributed by atoms with Crippen molar-refractivity contribution < 1.29 is 5.11 Å². The molecule has 0 saturated carbocycles. The van der Waals surface area contributed by atoms with Gasteiger partial charge in [0.05, 0.1) is 5.69 Å². The SMILES string of the molecule is CCCC(=N)CCN1CCc2cc(-n3cccn3)ccc2C1O. The Bertz CT molecular complexity index is 666. The van der Waals surface area contributed by atoms with Gasteiger partial charge in [-0.25, -0.2) is 4.68 Å². The van der Waals surface area contributed by atoms with Crippen LogP contribution in [0.2, 0.25) is 0 Å². The standard InChI is InChI=1S/C18H24N4O/c1-2-4-15(19)8-12-21-11-7-14-13-16(22-10-3-9-20-22)5-6-17(14)18(21)23/h3,5-6,9-10,13,18-19,23H,2,4,7-8,11-12H2,1H3. The lowest BCUT2D eigenvalue weighted by molar-refractivity contribution is -0.00451. The molecule has 0 radical (unpaired) electrons. The molecule has 0 fully saturated rings. The molecule has 23 heavy (non-hydrogen) atoms. The molecule has 1 aromatic carbocycles. The van der Waals surface area contributed by atoms with Gasteiger partial charge in [0, 0.05) is 31.2 Å². The summed E-state index contributed by atoms with van der Waals surface area (Å²) in [6, 6.07) is 8.02. The smallest absolute Gasteiger partial charge is 0.133 e. The molecule has 5 heteroatoms. The van der Waals surface area contributed by atoms with Gasteiger partial charge in [-0.2, -0.15) is 5.10 Å². The second-order valence-corrected chi connectivity index (χ2v) is 6.10. The minimum Gasteiger partial charge on any atom is -0.374 e. The lowest BCUT2D eigenvalue weighted by atomic mass is 9.97. The van der Waals surface area contributed by atoms with Crippen molar-refractivity contribution in [1.82, 2.24) is 14.7 Å². The molecule has 122 valence electrons. The van der Waals surface area contributed by atoms with E-state index in [0.717, 1.165) is 55.7 Å². The number of hydrogen-bond acceptors (Lipinski definition) is 4. The van der Waals surface area contributed by atoms with E-state index in [-0.39, 0.29) is 0 Å². The second-order valence-electron chi connectivity index (χ2n) is 6.10. The van der Waals surface area contributed by atoms with Gasteiger partial charge in [-0.3, -0.25) is 4.90 Å². The maximum absolute atomic E-state index is 10.6. The molecule has 0 amide bonds. The fraction of sp³-hybridized carbons (Fsp3) is 0.444. The summed E-state index contributed by atoms with van der Waals surface area (Å²) in [4.78, 5) is 2.07. The lowest BCUT2D eigenvalue weighted by Crippen LogP contribution is -2.36. The van der Waals surface area contributed by atoms with Gasteiger partial charge in [0.1, 0.15) is 6.23 Å². The molecular weight excluding hydrogens is 288 g/mol. The van der Waals surface area contributed by atoms with Gasteiger partial charge in [0.25, 0.3) is 0 Å². The summed E-state index contributed by atoms with van der Waals surface area (Å²) in [6.45, 7) is 3.67. The Balaban J connectivity index is 1.70. The van der Waals surface area contributed by atoms with Crippen molar-refractivity contribution >= 4 is 5.71 Å². The molecule has 1 unspecified atom stereocenters. The van der Waals surface area contributed by atoms with Gasteiger partial charge in [-0.15, -0.1) is 0 Å². The Labute approximate surface area is 137 Å². The molecule has 5 nitrogen and oxygen atoms in total. The van der Waals surface area contributed by atoms with E-state index in [0.29, 0.717) is 0 Å². The topological polar surface area (TPSA) is 65.1 Å². The third-order valence-corrected chi connectivity index (χ3v) is 4.44. The maximum atomic E-state index is 10.6. The van der Waals surface area contributed by atoms with E-state index in [4.69, 9.17) is 5.41 Å². The van der Waals surface area contributed by atoms with Crippen molar-refractivity contribution in [1.29, 1.82) is 5.41 Å². The second kappa shape index (κ2) is 7.06. The predicted octanol–water partition coefficient (Wildman–Crippen LogP) is 2.93. The van der Waals surface area contributed by atoms with Crippen LogP contribution in [0.4, 0.5) is 0 Å². The van der Waals surface area contributed by atoms with Crippen molar-refractivity contribution in [3.8, 4) is 5.69 Å². The Morgan fingerprint density at radius 2 is 2.26 bits per heavy atom. The van der Waals surface area contributed by atoms with Gasteiger partial charge in [0.15, 0.2) is 0 Å². The van der Waals surface area contributed by atoms with Crippen molar-refractivity contribution in [2.45, 2.75) is 38.8 Å². The zero-order valence-electron chi connectivity index (χ0n) is 13.6. The highest BCUT2D eigenvalue weighted by Crippen LogP contribution is 2.29. The first-order valence-corrected chi connectivity index (χ1v) is 8.30. The molecule has 1 atom stereocenters. The highest BCUT2D eigenvalue weighted by molar-refractivity contribution is 5.81. The highest BCUT2D eigenvalue weighted by atomic mass is 16.3. The number of benzene rings is 1. The third kappa shape index (κ3) is 3.51. The van der Waals surface area contributed by atoms with Gasteiger partial charge < -0.3 is 10.5 Å². The maximum Gasteiger partial charge on any atom is 0.133 e. The average molecular weight is 312 g/mol. The summed E-state index contributed by atoms with van der Waals surface area (Å²) >= 11 is 0. The van der Waals surface area contributed by atoms with Crippen molar-refractivity contribution in [2.24, 2.45) is 0 Å². The number of aromatic nitrogens is 2. The van der Waals surface area contributed by atoms with Gasteiger partial charge in [-0.1, -0.05) is 19.4 Å². The van der Waals surface area contributed by atoms with Crippen molar-refractivity contribution in [3.05, 3.63) is 47.8 Å². The van der Waals surface area contributed by atoms with E-state index in [2.05, 4.69) is 23.0 Å². The number of fused-ring (bicyclic) bond motifs is 1. The predicted molar refractivity (Wildman–Crippen MR) is 91.1 cm³/mol. The Morgan fingerprint density at radius 3 is 3.00 bits per heavy atom. The zero-order valence-corrected chi connectivity index (χ0v) is 13.6. The van der Waals surface area contributed by atoms with E-state index >= 15 is 0 Å². The third-order valence-electron chi connectivity index (χ3n) is 4.44. The Kier molecular flexibility index (Phi) is 4.88. The molecular formula is C18H24N4O. The van der Waals surface area contributed by atoms with Crippen LogP contribution in [0.15, 0.2) is 36.7 Å². The van der Waals surface area contributed by atoms with Crippen molar-refractivity contribution in [3.63, 3.8) is 0 Å². The molecule has 1 aliphatic rings. The number of aliphatic hydroxyl groups excluding tert-OH is 1. The van der Waals surface area contributed by atoms with Crippen LogP contribution in [0.5, 0.6) is 0 Å². The molecule has 1 aromatic heterocycles. The van der Waals surface area contributed by atoms with E-state index in [9.17, 15) is 5.11 Å². The molecule has 0 saturated heterocycles. The first-order valence-electron chi connectivity index (χ1n) is 8.30. The fourth-order valence-electron chi connectivity index (χ4n) is 3.15. The highest BCUT2D eigenvalue weighted by Gasteiger charge is 2.25. The molecule has 2 N–H and O–H groups in total. The summed E-state index contributed by atoms with van der Waals surface area (Å²) < 4.78 is 1.84. The van der Waals surface area contributed by atoms with Gasteiger partial charge in [-0.05, 0) is 48.6 Å². The first-order chi connectivity index (χ1) is 11.2.